The topological polar surface area (TPSA) is 98.3 Å². The van der Waals surface area contributed by atoms with Gasteiger partial charge in [0.1, 0.15) is 29.5 Å². The molecule has 13 heteroatoms. The average molecular weight is 635 g/mol. The largest absolute Gasteiger partial charge is 0.494 e. The number of anilines is 5. The summed E-state index contributed by atoms with van der Waals surface area (Å²) >= 11 is 0. The average Bonchev–Trinajstić information content (AvgIpc) is 3.55. The molecular weight excluding hydrogens is 594 g/mol. The minimum atomic E-state index is -0.643. The van der Waals surface area contributed by atoms with E-state index in [0.717, 1.165) is 51.0 Å². The second-order valence-electron chi connectivity index (χ2n) is 11.8. The van der Waals surface area contributed by atoms with Crippen LogP contribution in [0.15, 0.2) is 55.4 Å². The monoisotopic (exact) mass is 634 g/mol. The maximum atomic E-state index is 14.7. The second kappa shape index (κ2) is 14.0. The van der Waals surface area contributed by atoms with Crippen molar-refractivity contribution in [1.82, 2.24) is 19.8 Å². The summed E-state index contributed by atoms with van der Waals surface area (Å²) in [6.07, 6.45) is 5.49. The Balaban J connectivity index is 1.23. The Morgan fingerprint density at radius 1 is 1.02 bits per heavy atom. The van der Waals surface area contributed by atoms with Gasteiger partial charge in [0, 0.05) is 62.4 Å². The number of piperazine rings is 1. The molecular formula is C33H40F2N8O3. The van der Waals surface area contributed by atoms with Crippen LogP contribution in [0.2, 0.25) is 0 Å². The van der Waals surface area contributed by atoms with E-state index in [9.17, 15) is 13.6 Å². The molecule has 2 aromatic carbocycles. The summed E-state index contributed by atoms with van der Waals surface area (Å²) in [6.45, 7) is 9.75. The van der Waals surface area contributed by atoms with Crippen LogP contribution < -0.4 is 25.3 Å². The van der Waals surface area contributed by atoms with E-state index in [-0.39, 0.29) is 5.91 Å². The molecule has 46 heavy (non-hydrogen) atoms. The van der Waals surface area contributed by atoms with E-state index in [1.807, 2.05) is 12.1 Å². The number of methoxy groups -OCH3 is 1. The number of likely N-dealkylation sites (tertiary alicyclic amines) is 1. The van der Waals surface area contributed by atoms with Crippen LogP contribution in [0, 0.1) is 11.6 Å². The lowest BCUT2D eigenvalue weighted by Gasteiger charge is -2.43. The van der Waals surface area contributed by atoms with Gasteiger partial charge in [-0.3, -0.25) is 14.5 Å². The number of nitrogens with one attached hydrogen (secondary N) is 2. The number of nitrogens with zero attached hydrogens (tertiary/aromatic N) is 6. The van der Waals surface area contributed by atoms with Crippen LogP contribution in [0.4, 0.5) is 37.5 Å². The minimum absolute atomic E-state index is 0.319. The summed E-state index contributed by atoms with van der Waals surface area (Å²) in [6, 6.07) is 9.07. The molecule has 1 unspecified atom stereocenters. The van der Waals surface area contributed by atoms with E-state index in [1.54, 1.807) is 13.2 Å². The zero-order valence-electron chi connectivity index (χ0n) is 26.2. The fraction of sp³-hybridized carbons (Fsp3) is 0.424. The number of amides is 1. The smallest absolute Gasteiger partial charge is 0.247 e. The molecule has 0 radical (unpaired) electrons. The fourth-order valence-corrected chi connectivity index (χ4v) is 6.49. The van der Waals surface area contributed by atoms with Crippen LogP contribution in [0.3, 0.4) is 0 Å². The van der Waals surface area contributed by atoms with Crippen LogP contribution in [-0.4, -0.2) is 91.7 Å². The molecule has 244 valence electrons. The highest BCUT2D eigenvalue weighted by atomic mass is 19.1. The Bertz CT molecular complexity index is 1560. The third kappa shape index (κ3) is 6.91. The van der Waals surface area contributed by atoms with Crippen molar-refractivity contribution in [2.45, 2.75) is 31.3 Å². The number of piperidine rings is 1. The zero-order chi connectivity index (χ0) is 32.2. The number of aromatic nitrogens is 2. The highest BCUT2D eigenvalue weighted by Gasteiger charge is 2.32. The quantitative estimate of drug-likeness (QED) is 0.322. The molecule has 1 amide bonds. The highest BCUT2D eigenvalue weighted by Crippen LogP contribution is 2.40. The van der Waals surface area contributed by atoms with E-state index >= 15 is 0 Å². The first-order valence-electron chi connectivity index (χ1n) is 15.6. The summed E-state index contributed by atoms with van der Waals surface area (Å²) in [5.41, 5.74) is 2.37. The Hall–Kier alpha value is -4.33. The van der Waals surface area contributed by atoms with Gasteiger partial charge in [-0.25, -0.2) is 23.8 Å². The molecule has 6 rings (SSSR count). The van der Waals surface area contributed by atoms with Crippen molar-refractivity contribution in [3.8, 4) is 5.75 Å². The molecule has 0 spiro atoms. The number of carbonyl (C=O) groups excluding carboxylic acids is 1. The van der Waals surface area contributed by atoms with Crippen LogP contribution >= 0.6 is 0 Å². The maximum absolute atomic E-state index is 14.7. The summed E-state index contributed by atoms with van der Waals surface area (Å²) < 4.78 is 34.0. The van der Waals surface area contributed by atoms with Crippen molar-refractivity contribution in [2.75, 3.05) is 80.6 Å². The van der Waals surface area contributed by atoms with Gasteiger partial charge in [0.2, 0.25) is 5.91 Å². The molecule has 1 aromatic heterocycles. The predicted molar refractivity (Wildman–Crippen MR) is 174 cm³/mol. The molecule has 0 saturated carbocycles. The maximum Gasteiger partial charge on any atom is 0.247 e. The summed E-state index contributed by atoms with van der Waals surface area (Å²) in [4.78, 5) is 34.3. The van der Waals surface area contributed by atoms with E-state index in [2.05, 4.69) is 48.9 Å². The van der Waals surface area contributed by atoms with Crippen molar-refractivity contribution in [3.05, 3.63) is 72.6 Å². The van der Waals surface area contributed by atoms with Crippen molar-refractivity contribution in [1.29, 1.82) is 0 Å². The number of halogens is 2. The van der Waals surface area contributed by atoms with Gasteiger partial charge in [-0.2, -0.15) is 0 Å². The summed E-state index contributed by atoms with van der Waals surface area (Å²) in [5.74, 6) is -0.210. The normalized spacial score (nSPS) is 19.7. The van der Waals surface area contributed by atoms with E-state index in [4.69, 9.17) is 9.57 Å². The number of rotatable bonds is 9. The van der Waals surface area contributed by atoms with E-state index in [1.165, 1.54) is 42.4 Å². The molecule has 2 N–H and O–H groups in total. The van der Waals surface area contributed by atoms with Gasteiger partial charge in [-0.15, -0.1) is 0 Å². The van der Waals surface area contributed by atoms with Gasteiger partial charge < -0.3 is 25.2 Å². The highest BCUT2D eigenvalue weighted by molar-refractivity contribution is 6.02. The molecule has 3 aliphatic heterocycles. The number of hydrogen-bond donors (Lipinski definition) is 2. The first-order chi connectivity index (χ1) is 22.3. The molecule has 3 fully saturated rings. The van der Waals surface area contributed by atoms with Gasteiger partial charge >= 0.3 is 0 Å². The van der Waals surface area contributed by atoms with Gasteiger partial charge in [0.05, 0.1) is 36.8 Å². The van der Waals surface area contributed by atoms with Crippen molar-refractivity contribution < 1.29 is 23.1 Å². The van der Waals surface area contributed by atoms with Crippen LogP contribution in [-0.2, 0) is 9.63 Å². The van der Waals surface area contributed by atoms with Gasteiger partial charge in [-0.05, 0) is 51.2 Å². The number of benzene rings is 2. The molecule has 3 aliphatic rings. The van der Waals surface area contributed by atoms with Crippen molar-refractivity contribution >= 4 is 34.6 Å². The van der Waals surface area contributed by atoms with Crippen molar-refractivity contribution in [2.24, 2.45) is 0 Å². The first-order valence-corrected chi connectivity index (χ1v) is 15.6. The third-order valence-corrected chi connectivity index (χ3v) is 8.99. The third-order valence-electron chi connectivity index (χ3n) is 8.99. The van der Waals surface area contributed by atoms with Gasteiger partial charge in [0.15, 0.2) is 5.82 Å². The summed E-state index contributed by atoms with van der Waals surface area (Å²) in [7, 11) is 3.77. The SMILES string of the molecule is C=CC(=O)Nc1cc(Nc2cc(N3OCCC3c3ccc(F)cc3F)ncn2)c(OC)cc1N1CCN(C2CCN(C)CC2)CC1. The van der Waals surface area contributed by atoms with Crippen LogP contribution in [0.5, 0.6) is 5.75 Å². The molecule has 1 atom stereocenters. The van der Waals surface area contributed by atoms with Crippen LogP contribution in [0.25, 0.3) is 0 Å². The Labute approximate surface area is 267 Å². The lowest BCUT2D eigenvalue weighted by Crippen LogP contribution is -2.53. The fourth-order valence-electron chi connectivity index (χ4n) is 6.49. The predicted octanol–water partition coefficient (Wildman–Crippen LogP) is 4.73. The van der Waals surface area contributed by atoms with E-state index < -0.39 is 17.7 Å². The lowest BCUT2D eigenvalue weighted by molar-refractivity contribution is -0.111. The molecule has 4 heterocycles. The first kappa shape index (κ1) is 31.6. The Kier molecular flexibility index (Phi) is 9.61. The minimum Gasteiger partial charge on any atom is -0.494 e. The molecule has 0 bridgehead atoms. The second-order valence-corrected chi connectivity index (χ2v) is 11.8. The number of hydrogen-bond acceptors (Lipinski definition) is 10. The summed E-state index contributed by atoms with van der Waals surface area (Å²) in [5, 5.41) is 7.77. The number of ether oxygens (including phenoxy) is 1. The van der Waals surface area contributed by atoms with Crippen LogP contribution in [0.1, 0.15) is 30.9 Å². The number of carbonyl (C=O) groups is 1. The lowest BCUT2D eigenvalue weighted by atomic mass is 10.0. The molecule has 11 nitrogen and oxygen atoms in total. The van der Waals surface area contributed by atoms with E-state index in [0.29, 0.717) is 53.4 Å². The van der Waals surface area contributed by atoms with Gasteiger partial charge in [-0.1, -0.05) is 12.6 Å². The Morgan fingerprint density at radius 2 is 1.80 bits per heavy atom. The van der Waals surface area contributed by atoms with Gasteiger partial charge in [0.25, 0.3) is 0 Å². The molecule has 0 aliphatic carbocycles. The molecule has 3 saturated heterocycles. The van der Waals surface area contributed by atoms with Crippen molar-refractivity contribution in [3.63, 3.8) is 0 Å². The Morgan fingerprint density at radius 3 is 2.52 bits per heavy atom. The number of hydroxylamine groups is 1. The standard InChI is InChI=1S/C33H40F2N8O3/c1-4-33(44)39-26-18-27(30(45-3)19-29(26)42-14-12-41(13-15-42)23-7-10-40(2)11-8-23)38-31-20-32(37-21-36-31)43-28(9-16-46-43)24-6-5-22(34)17-25(24)35/h4-6,17-21,23,28H,1,7-16H2,2-3H3,(H,39,44)(H,36,37,38). The zero-order valence-corrected chi connectivity index (χ0v) is 26.2. The molecule has 3 aromatic rings.